The Balaban J connectivity index is 1.82. The summed E-state index contributed by atoms with van der Waals surface area (Å²) in [6.45, 7) is 0. The van der Waals surface area contributed by atoms with Gasteiger partial charge in [-0.15, -0.1) is 0 Å². The fourth-order valence-electron chi connectivity index (χ4n) is 5.42. The summed E-state index contributed by atoms with van der Waals surface area (Å²) in [4.78, 5) is 53.9. The van der Waals surface area contributed by atoms with Crippen LogP contribution in [0.4, 0.5) is 0 Å². The van der Waals surface area contributed by atoms with Crippen molar-refractivity contribution in [1.29, 1.82) is 0 Å². The minimum Gasteiger partial charge on any atom is -0.477 e. The second-order valence-electron chi connectivity index (χ2n) is 9.45. The van der Waals surface area contributed by atoms with Crippen molar-refractivity contribution >= 4 is 35.0 Å². The number of hydrogen-bond acceptors (Lipinski definition) is 5. The van der Waals surface area contributed by atoms with Gasteiger partial charge in [0.1, 0.15) is 12.0 Å². The molecule has 1 amide bonds. The van der Waals surface area contributed by atoms with Crippen LogP contribution in [0.5, 0.6) is 0 Å². The molecule has 2 N–H and O–H groups in total. The number of carbonyl (C=O) groups excluding carboxylic acids is 3. The predicted octanol–water partition coefficient (Wildman–Crippen LogP) is 4.77. The number of nitrogens with one attached hydrogen (secondary N) is 1. The first-order chi connectivity index (χ1) is 16.3. The molecule has 2 aliphatic rings. The molecule has 3 unspecified atom stereocenters. The topological polar surface area (TPSA) is 108 Å². The van der Waals surface area contributed by atoms with Crippen molar-refractivity contribution in [3.8, 4) is 0 Å². The highest BCUT2D eigenvalue weighted by atomic mass is 32.2. The zero-order valence-corrected chi connectivity index (χ0v) is 20.3. The summed E-state index contributed by atoms with van der Waals surface area (Å²) < 4.78 is 0. The molecule has 180 valence electrons. The molecule has 1 aliphatic carbocycles. The zero-order chi connectivity index (χ0) is 24.4. The molecule has 2 fully saturated rings. The minimum absolute atomic E-state index is 0.0175. The normalized spacial score (nSPS) is 23.1. The van der Waals surface area contributed by atoms with Crippen LogP contribution in [0.15, 0.2) is 30.5 Å². The molecule has 7 nitrogen and oxygen atoms in total. The summed E-state index contributed by atoms with van der Waals surface area (Å²) in [5, 5.41) is 9.18. The number of amides is 1. The van der Waals surface area contributed by atoms with Gasteiger partial charge in [-0.2, -0.15) is 0 Å². The SMILES string of the molecule is CN(C)C(=O)CC1C(c2cc(C=O)ccc2C2CCCCC2)SC(=O)C1c1cc[nH]c1C(=O)O. The maximum atomic E-state index is 13.4. The number of H-pyrrole nitrogens is 1. The van der Waals surface area contributed by atoms with E-state index in [4.69, 9.17) is 0 Å². The molecule has 1 aliphatic heterocycles. The lowest BCUT2D eigenvalue weighted by Crippen LogP contribution is -2.28. The Morgan fingerprint density at radius 3 is 2.50 bits per heavy atom. The monoisotopic (exact) mass is 482 g/mol. The van der Waals surface area contributed by atoms with Crippen LogP contribution in [0.25, 0.3) is 0 Å². The van der Waals surface area contributed by atoms with Crippen LogP contribution < -0.4 is 0 Å². The van der Waals surface area contributed by atoms with Crippen LogP contribution in [0.1, 0.15) is 93.1 Å². The van der Waals surface area contributed by atoms with E-state index in [0.29, 0.717) is 17.0 Å². The van der Waals surface area contributed by atoms with Gasteiger partial charge in [0.05, 0.1) is 5.92 Å². The molecule has 8 heteroatoms. The van der Waals surface area contributed by atoms with Gasteiger partial charge in [0, 0.05) is 37.5 Å². The number of thioether (sulfide) groups is 1. The van der Waals surface area contributed by atoms with E-state index in [2.05, 4.69) is 4.98 Å². The second kappa shape index (κ2) is 10.2. The van der Waals surface area contributed by atoms with Crippen molar-refractivity contribution < 1.29 is 24.3 Å². The Morgan fingerprint density at radius 1 is 1.12 bits per heavy atom. The molecule has 1 saturated carbocycles. The third-order valence-corrected chi connectivity index (χ3v) is 8.49. The summed E-state index contributed by atoms with van der Waals surface area (Å²) in [6, 6.07) is 7.34. The van der Waals surface area contributed by atoms with Gasteiger partial charge in [-0.3, -0.25) is 14.4 Å². The standard InChI is InChI=1S/C26H30N2O5S/c1-28(2)21(30)13-20-22(18-10-11-27-23(18)25(31)32)26(33)34-24(20)19-12-15(14-29)8-9-17(19)16-6-4-3-5-7-16/h8-12,14,16,20,22,24,27H,3-7,13H2,1-2H3,(H,31,32). The predicted molar refractivity (Wildman–Crippen MR) is 130 cm³/mol. The Hall–Kier alpha value is -2.87. The highest BCUT2D eigenvalue weighted by Gasteiger charge is 2.48. The molecule has 34 heavy (non-hydrogen) atoms. The third kappa shape index (κ3) is 4.69. The van der Waals surface area contributed by atoms with E-state index in [0.717, 1.165) is 43.1 Å². The van der Waals surface area contributed by atoms with Crippen LogP contribution >= 0.6 is 11.8 Å². The average Bonchev–Trinajstić information content (AvgIpc) is 3.43. The Labute approximate surface area is 203 Å². The maximum Gasteiger partial charge on any atom is 0.352 e. The van der Waals surface area contributed by atoms with Gasteiger partial charge in [-0.1, -0.05) is 43.2 Å². The molecule has 0 bridgehead atoms. The fraction of sp³-hybridized carbons (Fsp3) is 0.462. The third-order valence-electron chi connectivity index (χ3n) is 7.15. The van der Waals surface area contributed by atoms with E-state index in [1.165, 1.54) is 29.3 Å². The lowest BCUT2D eigenvalue weighted by molar-refractivity contribution is -0.129. The first-order valence-corrected chi connectivity index (χ1v) is 12.6. The van der Waals surface area contributed by atoms with E-state index in [9.17, 15) is 24.3 Å². The number of aromatic amines is 1. The molecular formula is C26H30N2O5S. The lowest BCUT2D eigenvalue weighted by Gasteiger charge is -2.29. The number of benzene rings is 1. The molecule has 1 saturated heterocycles. The maximum absolute atomic E-state index is 13.4. The number of carboxylic acids is 1. The highest BCUT2D eigenvalue weighted by Crippen LogP contribution is 2.56. The smallest absolute Gasteiger partial charge is 0.352 e. The quantitative estimate of drug-likeness (QED) is 0.551. The van der Waals surface area contributed by atoms with Gasteiger partial charge >= 0.3 is 5.97 Å². The van der Waals surface area contributed by atoms with Gasteiger partial charge in [-0.25, -0.2) is 4.79 Å². The van der Waals surface area contributed by atoms with Crippen LogP contribution in [0, 0.1) is 5.92 Å². The van der Waals surface area contributed by atoms with Gasteiger partial charge in [0.2, 0.25) is 5.91 Å². The first kappa shape index (κ1) is 24.3. The summed E-state index contributed by atoms with van der Waals surface area (Å²) in [5.41, 5.74) is 3.01. The summed E-state index contributed by atoms with van der Waals surface area (Å²) in [7, 11) is 3.35. The van der Waals surface area contributed by atoms with Crippen LogP contribution in [-0.2, 0) is 9.59 Å². The minimum atomic E-state index is -1.13. The summed E-state index contributed by atoms with van der Waals surface area (Å²) in [6.07, 6.45) is 8.06. The van der Waals surface area contributed by atoms with Crippen molar-refractivity contribution in [3.63, 3.8) is 0 Å². The molecule has 3 atom stereocenters. The van der Waals surface area contributed by atoms with Crippen LogP contribution in [0.2, 0.25) is 0 Å². The van der Waals surface area contributed by atoms with Crippen molar-refractivity contribution in [2.24, 2.45) is 5.92 Å². The van der Waals surface area contributed by atoms with Crippen molar-refractivity contribution in [1.82, 2.24) is 9.88 Å². The van der Waals surface area contributed by atoms with Gasteiger partial charge in [-0.05, 0) is 53.5 Å². The molecular weight excluding hydrogens is 452 g/mol. The van der Waals surface area contributed by atoms with E-state index < -0.39 is 17.8 Å². The number of aromatic nitrogens is 1. The van der Waals surface area contributed by atoms with E-state index >= 15 is 0 Å². The van der Waals surface area contributed by atoms with Crippen LogP contribution in [-0.4, -0.2) is 52.4 Å². The zero-order valence-electron chi connectivity index (χ0n) is 19.5. The number of aldehydes is 1. The summed E-state index contributed by atoms with van der Waals surface area (Å²) >= 11 is 1.17. The second-order valence-corrected chi connectivity index (χ2v) is 10.6. The fourth-order valence-corrected chi connectivity index (χ4v) is 6.88. The first-order valence-electron chi connectivity index (χ1n) is 11.7. The van der Waals surface area contributed by atoms with E-state index in [1.807, 2.05) is 18.2 Å². The molecule has 0 spiro atoms. The molecule has 1 aromatic heterocycles. The number of nitrogens with zero attached hydrogens (tertiary/aromatic N) is 1. The lowest BCUT2D eigenvalue weighted by atomic mass is 9.76. The number of carboxylic acid groups (broad SMARTS) is 1. The number of carbonyl (C=O) groups is 4. The Morgan fingerprint density at radius 2 is 1.85 bits per heavy atom. The van der Waals surface area contributed by atoms with Crippen LogP contribution in [0.3, 0.4) is 0 Å². The van der Waals surface area contributed by atoms with Gasteiger partial charge in [0.25, 0.3) is 0 Å². The van der Waals surface area contributed by atoms with E-state index in [1.54, 1.807) is 20.2 Å². The van der Waals surface area contributed by atoms with Crippen molar-refractivity contribution in [2.75, 3.05) is 14.1 Å². The molecule has 2 aromatic rings. The van der Waals surface area contributed by atoms with Gasteiger partial charge < -0.3 is 15.0 Å². The Bertz CT molecular complexity index is 1100. The molecule has 1 aromatic carbocycles. The van der Waals surface area contributed by atoms with Gasteiger partial charge in [0.15, 0.2) is 5.12 Å². The average molecular weight is 483 g/mol. The molecule has 0 radical (unpaired) electrons. The number of hydrogen-bond donors (Lipinski definition) is 2. The largest absolute Gasteiger partial charge is 0.477 e. The molecule has 4 rings (SSSR count). The Kier molecular flexibility index (Phi) is 7.26. The number of aromatic carboxylic acids is 1. The highest BCUT2D eigenvalue weighted by molar-refractivity contribution is 8.14. The summed E-state index contributed by atoms with van der Waals surface area (Å²) in [5.74, 6) is -2.05. The number of rotatable bonds is 7. The van der Waals surface area contributed by atoms with Crippen molar-refractivity contribution in [3.05, 3.63) is 58.4 Å². The molecule has 2 heterocycles. The van der Waals surface area contributed by atoms with Crippen molar-refractivity contribution in [2.45, 2.75) is 55.6 Å². The van der Waals surface area contributed by atoms with E-state index in [-0.39, 0.29) is 28.4 Å².